The number of rotatable bonds is 3. The highest BCUT2D eigenvalue weighted by molar-refractivity contribution is 5.50. The highest BCUT2D eigenvalue weighted by atomic mass is 16.1. The van der Waals surface area contributed by atoms with Gasteiger partial charge in [-0.25, -0.2) is 0 Å². The monoisotopic (exact) mass is 237 g/mol. The van der Waals surface area contributed by atoms with Gasteiger partial charge in [0.15, 0.2) is 0 Å². The fourth-order valence-electron chi connectivity index (χ4n) is 3.83. The summed E-state index contributed by atoms with van der Waals surface area (Å²) < 4.78 is 0. The number of carbonyl (C=O) groups is 1. The average Bonchev–Trinajstić information content (AvgIpc) is 2.61. The van der Waals surface area contributed by atoms with Crippen LogP contribution >= 0.6 is 0 Å². The molecule has 1 saturated carbocycles. The number of carbonyl (C=O) groups excluding carboxylic acids is 1. The lowest BCUT2D eigenvalue weighted by Gasteiger charge is -2.37. The SMILES string of the molecule is CC1CCC(CC=O)N1C1CCCCCCC1. The van der Waals surface area contributed by atoms with Gasteiger partial charge in [0.2, 0.25) is 0 Å². The van der Waals surface area contributed by atoms with Crippen molar-refractivity contribution in [3.05, 3.63) is 0 Å². The minimum Gasteiger partial charge on any atom is -0.303 e. The first-order chi connectivity index (χ1) is 8.33. The molecule has 2 atom stereocenters. The molecule has 0 aromatic carbocycles. The maximum atomic E-state index is 10.8. The normalized spacial score (nSPS) is 33.2. The molecular formula is C15H27NO. The van der Waals surface area contributed by atoms with Gasteiger partial charge in [-0.05, 0) is 32.6 Å². The lowest BCUT2D eigenvalue weighted by atomic mass is 9.94. The molecule has 2 nitrogen and oxygen atoms in total. The van der Waals surface area contributed by atoms with Gasteiger partial charge in [-0.15, -0.1) is 0 Å². The quantitative estimate of drug-likeness (QED) is 0.700. The van der Waals surface area contributed by atoms with Crippen LogP contribution in [0.3, 0.4) is 0 Å². The number of hydrogen-bond acceptors (Lipinski definition) is 2. The molecule has 2 fully saturated rings. The molecule has 0 N–H and O–H groups in total. The highest BCUT2D eigenvalue weighted by Gasteiger charge is 2.34. The number of hydrogen-bond donors (Lipinski definition) is 0. The van der Waals surface area contributed by atoms with Crippen LogP contribution in [-0.2, 0) is 4.79 Å². The Bertz CT molecular complexity index is 233. The summed E-state index contributed by atoms with van der Waals surface area (Å²) in [5, 5.41) is 0. The van der Waals surface area contributed by atoms with Gasteiger partial charge in [0, 0.05) is 24.5 Å². The fourth-order valence-corrected chi connectivity index (χ4v) is 3.83. The topological polar surface area (TPSA) is 20.3 Å². The molecule has 0 aromatic rings. The van der Waals surface area contributed by atoms with E-state index in [1.165, 1.54) is 57.8 Å². The average molecular weight is 237 g/mol. The Morgan fingerprint density at radius 3 is 2.29 bits per heavy atom. The number of likely N-dealkylation sites (tertiary alicyclic amines) is 1. The summed E-state index contributed by atoms with van der Waals surface area (Å²) in [4.78, 5) is 13.5. The van der Waals surface area contributed by atoms with Crippen molar-refractivity contribution < 1.29 is 4.79 Å². The third-order valence-electron chi connectivity index (χ3n) is 4.71. The van der Waals surface area contributed by atoms with Crippen molar-refractivity contribution in [2.24, 2.45) is 0 Å². The summed E-state index contributed by atoms with van der Waals surface area (Å²) in [7, 11) is 0. The van der Waals surface area contributed by atoms with Crippen LogP contribution < -0.4 is 0 Å². The van der Waals surface area contributed by atoms with Crippen molar-refractivity contribution in [2.45, 2.75) is 89.3 Å². The van der Waals surface area contributed by atoms with Crippen LogP contribution in [-0.4, -0.2) is 29.3 Å². The Balaban J connectivity index is 1.97. The lowest BCUT2D eigenvalue weighted by molar-refractivity contribution is -0.109. The second kappa shape index (κ2) is 6.53. The van der Waals surface area contributed by atoms with Gasteiger partial charge >= 0.3 is 0 Å². The Labute approximate surface area is 106 Å². The smallest absolute Gasteiger partial charge is 0.121 e. The van der Waals surface area contributed by atoms with E-state index >= 15 is 0 Å². The first kappa shape index (κ1) is 13.1. The summed E-state index contributed by atoms with van der Waals surface area (Å²) in [5.41, 5.74) is 0. The van der Waals surface area contributed by atoms with Gasteiger partial charge in [0.1, 0.15) is 6.29 Å². The van der Waals surface area contributed by atoms with Crippen LogP contribution in [0.15, 0.2) is 0 Å². The minimum absolute atomic E-state index is 0.548. The molecule has 2 unspecified atom stereocenters. The molecule has 2 aliphatic rings. The van der Waals surface area contributed by atoms with Gasteiger partial charge in [-0.2, -0.15) is 0 Å². The first-order valence-corrected chi connectivity index (χ1v) is 7.54. The molecule has 0 spiro atoms. The van der Waals surface area contributed by atoms with Crippen LogP contribution in [0.25, 0.3) is 0 Å². The van der Waals surface area contributed by atoms with Gasteiger partial charge in [-0.3, -0.25) is 4.90 Å². The van der Waals surface area contributed by atoms with E-state index in [2.05, 4.69) is 11.8 Å². The Morgan fingerprint density at radius 1 is 1.00 bits per heavy atom. The van der Waals surface area contributed by atoms with E-state index < -0.39 is 0 Å². The number of aldehydes is 1. The lowest BCUT2D eigenvalue weighted by Crippen LogP contribution is -2.43. The van der Waals surface area contributed by atoms with Crippen LogP contribution in [0, 0.1) is 0 Å². The Hall–Kier alpha value is -0.370. The zero-order valence-corrected chi connectivity index (χ0v) is 11.2. The standard InChI is InChI=1S/C15H27NO/c1-13-9-10-15(11-12-17)16(13)14-7-5-3-2-4-6-8-14/h12-15H,2-11H2,1H3. The van der Waals surface area contributed by atoms with E-state index in [-0.39, 0.29) is 0 Å². The molecule has 1 saturated heterocycles. The fraction of sp³-hybridized carbons (Fsp3) is 0.933. The van der Waals surface area contributed by atoms with Crippen molar-refractivity contribution in [2.75, 3.05) is 0 Å². The summed E-state index contributed by atoms with van der Waals surface area (Å²) in [6, 6.07) is 2.01. The highest BCUT2D eigenvalue weighted by Crippen LogP contribution is 2.32. The van der Waals surface area contributed by atoms with E-state index in [9.17, 15) is 4.79 Å². The van der Waals surface area contributed by atoms with Crippen molar-refractivity contribution in [1.29, 1.82) is 0 Å². The van der Waals surface area contributed by atoms with Crippen LogP contribution in [0.2, 0.25) is 0 Å². The molecule has 2 heteroatoms. The zero-order chi connectivity index (χ0) is 12.1. The summed E-state index contributed by atoms with van der Waals surface area (Å²) >= 11 is 0. The predicted octanol–water partition coefficient (Wildman–Crippen LogP) is 3.54. The molecule has 0 amide bonds. The molecule has 0 radical (unpaired) electrons. The second-order valence-corrected chi connectivity index (χ2v) is 5.93. The van der Waals surface area contributed by atoms with Crippen molar-refractivity contribution in [3.8, 4) is 0 Å². The molecule has 98 valence electrons. The summed E-state index contributed by atoms with van der Waals surface area (Å²) in [6.45, 7) is 2.35. The van der Waals surface area contributed by atoms with Crippen molar-refractivity contribution >= 4 is 6.29 Å². The molecule has 1 aliphatic carbocycles. The van der Waals surface area contributed by atoms with Crippen LogP contribution in [0.4, 0.5) is 0 Å². The van der Waals surface area contributed by atoms with E-state index in [1.54, 1.807) is 0 Å². The van der Waals surface area contributed by atoms with E-state index in [0.29, 0.717) is 12.1 Å². The molecule has 1 heterocycles. The molecule has 17 heavy (non-hydrogen) atoms. The zero-order valence-electron chi connectivity index (χ0n) is 11.2. The molecule has 0 aromatic heterocycles. The van der Waals surface area contributed by atoms with Gasteiger partial charge < -0.3 is 4.79 Å². The second-order valence-electron chi connectivity index (χ2n) is 5.93. The minimum atomic E-state index is 0.548. The van der Waals surface area contributed by atoms with Crippen molar-refractivity contribution in [1.82, 2.24) is 4.90 Å². The molecule has 1 aliphatic heterocycles. The van der Waals surface area contributed by atoms with Crippen LogP contribution in [0.1, 0.15) is 71.1 Å². The van der Waals surface area contributed by atoms with Gasteiger partial charge in [0.05, 0.1) is 0 Å². The predicted molar refractivity (Wildman–Crippen MR) is 71.1 cm³/mol. The third kappa shape index (κ3) is 3.31. The Kier molecular flexibility index (Phi) is 5.02. The van der Waals surface area contributed by atoms with E-state index in [4.69, 9.17) is 0 Å². The maximum absolute atomic E-state index is 10.8. The van der Waals surface area contributed by atoms with Gasteiger partial charge in [0.25, 0.3) is 0 Å². The van der Waals surface area contributed by atoms with Gasteiger partial charge in [-0.1, -0.05) is 32.1 Å². The van der Waals surface area contributed by atoms with Crippen molar-refractivity contribution in [3.63, 3.8) is 0 Å². The Morgan fingerprint density at radius 2 is 1.65 bits per heavy atom. The first-order valence-electron chi connectivity index (χ1n) is 7.54. The van der Waals surface area contributed by atoms with Crippen LogP contribution in [0.5, 0.6) is 0 Å². The molecule has 2 rings (SSSR count). The summed E-state index contributed by atoms with van der Waals surface area (Å²) in [6.07, 6.45) is 14.2. The number of nitrogens with zero attached hydrogens (tertiary/aromatic N) is 1. The van der Waals surface area contributed by atoms with E-state index in [1.807, 2.05) is 0 Å². The van der Waals surface area contributed by atoms with E-state index in [0.717, 1.165) is 18.7 Å². The third-order valence-corrected chi connectivity index (χ3v) is 4.71. The molecular weight excluding hydrogens is 210 g/mol. The molecule has 0 bridgehead atoms. The largest absolute Gasteiger partial charge is 0.303 e. The maximum Gasteiger partial charge on any atom is 0.121 e. The summed E-state index contributed by atoms with van der Waals surface area (Å²) in [5.74, 6) is 0.